The monoisotopic (exact) mass is 227 g/mol. The maximum absolute atomic E-state index is 11.4. The van der Waals surface area contributed by atoms with E-state index in [1.165, 1.54) is 25.7 Å². The van der Waals surface area contributed by atoms with E-state index in [0.717, 1.165) is 24.3 Å². The number of nitrogens with zero attached hydrogens (tertiary/aromatic N) is 1. The lowest BCUT2D eigenvalue weighted by molar-refractivity contribution is -0.126. The first-order valence-corrected chi connectivity index (χ1v) is 6.40. The van der Waals surface area contributed by atoms with Gasteiger partial charge in [0, 0.05) is 19.4 Å². The van der Waals surface area contributed by atoms with Crippen LogP contribution in [0.3, 0.4) is 0 Å². The molecule has 0 N–H and O–H groups in total. The van der Waals surface area contributed by atoms with Crippen molar-refractivity contribution in [2.75, 3.05) is 0 Å². The Bertz CT molecular complexity index is 240. The second-order valence-electron chi connectivity index (χ2n) is 4.32. The normalized spacial score (nSPS) is 21.1. The molecule has 0 aromatic heterocycles. The lowest BCUT2D eigenvalue weighted by atomic mass is 10.1. The highest BCUT2D eigenvalue weighted by Crippen LogP contribution is 2.24. The Kier molecular flexibility index (Phi) is 5.23. The number of thiocarbonyl (C=S) groups is 1. The standard InChI is InChI=1S/C12H21NOS/c1-3-4-5-6-7-11-8-9-12(15)13(11)10(2)14/h11H,3-9H2,1-2H3. The van der Waals surface area contributed by atoms with Crippen LogP contribution in [0.4, 0.5) is 0 Å². The van der Waals surface area contributed by atoms with Crippen LogP contribution in [0.25, 0.3) is 0 Å². The van der Waals surface area contributed by atoms with Crippen LogP contribution in [0.5, 0.6) is 0 Å². The summed E-state index contributed by atoms with van der Waals surface area (Å²) in [5.41, 5.74) is 0. The highest BCUT2D eigenvalue weighted by atomic mass is 32.1. The Balaban J connectivity index is 2.34. The SMILES string of the molecule is CCCCCCC1CCC(=S)N1C(C)=O. The molecule has 1 saturated heterocycles. The lowest BCUT2D eigenvalue weighted by Crippen LogP contribution is -2.36. The van der Waals surface area contributed by atoms with Crippen molar-refractivity contribution in [2.45, 2.75) is 64.8 Å². The Morgan fingerprint density at radius 1 is 1.47 bits per heavy atom. The van der Waals surface area contributed by atoms with Gasteiger partial charge in [-0.1, -0.05) is 44.8 Å². The smallest absolute Gasteiger partial charge is 0.224 e. The zero-order valence-electron chi connectivity index (χ0n) is 9.79. The molecule has 0 spiro atoms. The summed E-state index contributed by atoms with van der Waals surface area (Å²) < 4.78 is 0. The second-order valence-corrected chi connectivity index (χ2v) is 4.80. The van der Waals surface area contributed by atoms with Crippen LogP contribution in [0.2, 0.25) is 0 Å². The number of unbranched alkanes of at least 4 members (excludes halogenated alkanes) is 3. The molecule has 1 amide bonds. The summed E-state index contributed by atoms with van der Waals surface area (Å²) >= 11 is 5.20. The first-order chi connectivity index (χ1) is 7.16. The molecule has 1 aliphatic rings. The van der Waals surface area contributed by atoms with Crippen LogP contribution < -0.4 is 0 Å². The zero-order valence-corrected chi connectivity index (χ0v) is 10.6. The molecule has 1 fully saturated rings. The number of carbonyl (C=O) groups excluding carboxylic acids is 1. The summed E-state index contributed by atoms with van der Waals surface area (Å²) in [5, 5.41) is 0. The largest absolute Gasteiger partial charge is 0.304 e. The fourth-order valence-corrected chi connectivity index (χ4v) is 2.65. The van der Waals surface area contributed by atoms with Gasteiger partial charge in [-0.05, 0) is 12.8 Å². The highest BCUT2D eigenvalue weighted by molar-refractivity contribution is 7.80. The Morgan fingerprint density at radius 2 is 2.20 bits per heavy atom. The van der Waals surface area contributed by atoms with E-state index in [-0.39, 0.29) is 5.91 Å². The van der Waals surface area contributed by atoms with Gasteiger partial charge in [-0.3, -0.25) is 4.79 Å². The summed E-state index contributed by atoms with van der Waals surface area (Å²) in [4.78, 5) is 14.1. The van der Waals surface area contributed by atoms with Gasteiger partial charge >= 0.3 is 0 Å². The third kappa shape index (κ3) is 3.56. The van der Waals surface area contributed by atoms with Gasteiger partial charge in [-0.25, -0.2) is 0 Å². The molecule has 0 aromatic rings. The van der Waals surface area contributed by atoms with Gasteiger partial charge < -0.3 is 4.90 Å². The molecule has 0 radical (unpaired) electrons. The van der Waals surface area contributed by atoms with Crippen LogP contribution in [0, 0.1) is 0 Å². The van der Waals surface area contributed by atoms with E-state index in [4.69, 9.17) is 12.2 Å². The molecule has 1 heterocycles. The van der Waals surface area contributed by atoms with E-state index in [1.807, 2.05) is 4.90 Å². The fraction of sp³-hybridized carbons (Fsp3) is 0.833. The third-order valence-corrected chi connectivity index (χ3v) is 3.46. The van der Waals surface area contributed by atoms with Crippen LogP contribution >= 0.6 is 12.2 Å². The van der Waals surface area contributed by atoms with E-state index >= 15 is 0 Å². The number of hydrogen-bond acceptors (Lipinski definition) is 2. The molecule has 2 nitrogen and oxygen atoms in total. The quantitative estimate of drug-likeness (QED) is 0.530. The van der Waals surface area contributed by atoms with E-state index in [9.17, 15) is 4.79 Å². The summed E-state index contributed by atoms with van der Waals surface area (Å²) in [7, 11) is 0. The number of rotatable bonds is 5. The van der Waals surface area contributed by atoms with Gasteiger partial charge in [0.25, 0.3) is 0 Å². The number of hydrogen-bond donors (Lipinski definition) is 0. The molecular weight excluding hydrogens is 206 g/mol. The predicted molar refractivity (Wildman–Crippen MR) is 66.9 cm³/mol. The summed E-state index contributed by atoms with van der Waals surface area (Å²) in [6.07, 6.45) is 8.20. The molecule has 1 unspecified atom stereocenters. The summed E-state index contributed by atoms with van der Waals surface area (Å²) in [5.74, 6) is 0.123. The molecule has 0 aromatic carbocycles. The molecule has 3 heteroatoms. The maximum Gasteiger partial charge on any atom is 0.224 e. The van der Waals surface area contributed by atoms with Gasteiger partial charge in [0.05, 0.1) is 4.99 Å². The van der Waals surface area contributed by atoms with Gasteiger partial charge in [0.2, 0.25) is 5.91 Å². The molecule has 1 rings (SSSR count). The van der Waals surface area contributed by atoms with Crippen molar-refractivity contribution in [3.63, 3.8) is 0 Å². The summed E-state index contributed by atoms with van der Waals surface area (Å²) in [6.45, 7) is 3.84. The minimum Gasteiger partial charge on any atom is -0.304 e. The lowest BCUT2D eigenvalue weighted by Gasteiger charge is -2.22. The molecule has 15 heavy (non-hydrogen) atoms. The Morgan fingerprint density at radius 3 is 2.80 bits per heavy atom. The Hall–Kier alpha value is -0.440. The molecule has 1 aliphatic heterocycles. The second kappa shape index (κ2) is 6.21. The molecule has 86 valence electrons. The fourth-order valence-electron chi connectivity index (χ4n) is 2.26. The van der Waals surface area contributed by atoms with E-state index < -0.39 is 0 Å². The number of carbonyl (C=O) groups is 1. The third-order valence-electron chi connectivity index (χ3n) is 3.06. The first kappa shape index (κ1) is 12.6. The molecule has 1 atom stereocenters. The van der Waals surface area contributed by atoms with E-state index in [0.29, 0.717) is 6.04 Å². The Labute approximate surface area is 98.0 Å². The average Bonchev–Trinajstić information content (AvgIpc) is 2.54. The van der Waals surface area contributed by atoms with Crippen molar-refractivity contribution in [1.29, 1.82) is 0 Å². The minimum atomic E-state index is 0.123. The van der Waals surface area contributed by atoms with Crippen molar-refractivity contribution in [2.24, 2.45) is 0 Å². The van der Waals surface area contributed by atoms with Crippen LogP contribution in [-0.4, -0.2) is 21.8 Å². The van der Waals surface area contributed by atoms with Crippen molar-refractivity contribution in [3.8, 4) is 0 Å². The van der Waals surface area contributed by atoms with Crippen molar-refractivity contribution in [3.05, 3.63) is 0 Å². The van der Waals surface area contributed by atoms with E-state index in [2.05, 4.69) is 6.92 Å². The first-order valence-electron chi connectivity index (χ1n) is 5.99. The van der Waals surface area contributed by atoms with E-state index in [1.54, 1.807) is 6.92 Å². The zero-order chi connectivity index (χ0) is 11.3. The molecule has 0 saturated carbocycles. The van der Waals surface area contributed by atoms with Crippen LogP contribution in [-0.2, 0) is 4.79 Å². The maximum atomic E-state index is 11.4. The van der Waals surface area contributed by atoms with Gasteiger partial charge in [-0.15, -0.1) is 0 Å². The van der Waals surface area contributed by atoms with Gasteiger partial charge in [-0.2, -0.15) is 0 Å². The van der Waals surface area contributed by atoms with Crippen molar-refractivity contribution < 1.29 is 4.79 Å². The highest BCUT2D eigenvalue weighted by Gasteiger charge is 2.30. The molecule has 0 bridgehead atoms. The van der Waals surface area contributed by atoms with Crippen molar-refractivity contribution >= 4 is 23.1 Å². The van der Waals surface area contributed by atoms with Crippen LogP contribution in [0.15, 0.2) is 0 Å². The molecular formula is C12H21NOS. The average molecular weight is 227 g/mol. The topological polar surface area (TPSA) is 20.3 Å². The molecule has 0 aliphatic carbocycles. The number of amides is 1. The van der Waals surface area contributed by atoms with Gasteiger partial charge in [0.1, 0.15) is 0 Å². The number of likely N-dealkylation sites (tertiary alicyclic amines) is 1. The van der Waals surface area contributed by atoms with Gasteiger partial charge in [0.15, 0.2) is 0 Å². The van der Waals surface area contributed by atoms with Crippen molar-refractivity contribution in [1.82, 2.24) is 4.90 Å². The van der Waals surface area contributed by atoms with Crippen LogP contribution in [0.1, 0.15) is 58.8 Å². The minimum absolute atomic E-state index is 0.123. The predicted octanol–water partition coefficient (Wildman–Crippen LogP) is 3.30. The summed E-state index contributed by atoms with van der Waals surface area (Å²) in [6, 6.07) is 0.395.